The van der Waals surface area contributed by atoms with Crippen LogP contribution in [0.1, 0.15) is 26.4 Å². The smallest absolute Gasteiger partial charge is 0.273 e. The number of aromatic amines is 1. The van der Waals surface area contributed by atoms with E-state index in [1.165, 1.54) is 27.4 Å². The lowest BCUT2D eigenvalue weighted by atomic mass is 10.1. The van der Waals surface area contributed by atoms with Crippen molar-refractivity contribution in [2.75, 3.05) is 26.6 Å². The highest BCUT2D eigenvalue weighted by Crippen LogP contribution is 2.38. The Hall–Kier alpha value is -4.92. The summed E-state index contributed by atoms with van der Waals surface area (Å²) in [5, 5.41) is 9.71. The number of methoxy groups -OCH3 is 3. The first kappa shape index (κ1) is 24.2. The fraction of sp³-hybridized carbons (Fsp3) is 0.111. The Labute approximate surface area is 207 Å². The van der Waals surface area contributed by atoms with Gasteiger partial charge in [-0.1, -0.05) is 18.2 Å². The molecule has 2 aromatic carbocycles. The van der Waals surface area contributed by atoms with Crippen molar-refractivity contribution in [2.45, 2.75) is 0 Å². The average Bonchev–Trinajstić information content (AvgIpc) is 3.42. The third-order valence-electron chi connectivity index (χ3n) is 5.32. The molecule has 4 aromatic rings. The number of pyridine rings is 1. The van der Waals surface area contributed by atoms with E-state index in [0.29, 0.717) is 45.5 Å². The van der Waals surface area contributed by atoms with E-state index in [0.717, 1.165) is 5.56 Å². The maximum absolute atomic E-state index is 12.8. The van der Waals surface area contributed by atoms with E-state index in [4.69, 9.17) is 14.2 Å². The van der Waals surface area contributed by atoms with Crippen LogP contribution in [0.15, 0.2) is 73.1 Å². The molecular formula is C27H24N4O5. The summed E-state index contributed by atoms with van der Waals surface area (Å²) in [6.07, 6.45) is 6.41. The van der Waals surface area contributed by atoms with E-state index in [2.05, 4.69) is 20.5 Å². The number of amides is 1. The van der Waals surface area contributed by atoms with E-state index in [1.54, 1.807) is 73.1 Å². The predicted molar refractivity (Wildman–Crippen MR) is 136 cm³/mol. The number of H-pyrrole nitrogens is 1. The highest BCUT2D eigenvalue weighted by atomic mass is 16.5. The van der Waals surface area contributed by atoms with Gasteiger partial charge in [-0.15, -0.1) is 0 Å². The molecule has 0 unspecified atom stereocenters. The van der Waals surface area contributed by atoms with Crippen LogP contribution in [0.25, 0.3) is 17.3 Å². The lowest BCUT2D eigenvalue weighted by Crippen LogP contribution is -2.12. The fourth-order valence-corrected chi connectivity index (χ4v) is 3.52. The summed E-state index contributed by atoms with van der Waals surface area (Å²) >= 11 is 0. The normalized spacial score (nSPS) is 10.8. The van der Waals surface area contributed by atoms with Crippen molar-refractivity contribution in [1.29, 1.82) is 0 Å². The highest BCUT2D eigenvalue weighted by Gasteiger charge is 2.14. The number of rotatable bonds is 9. The Bertz CT molecular complexity index is 1390. The van der Waals surface area contributed by atoms with E-state index >= 15 is 0 Å². The standard InChI is InChI=1S/C27H24N4O5/c1-34-24-13-17(14-25(35-2)26(24)36-3)7-8-23(32)19-5-4-6-20(15-19)29-27(33)22-16-21(30-31-22)18-9-11-28-12-10-18/h4-16H,1-3H3,(H,29,33)(H,30,31)/b8-7+. The molecule has 2 aromatic heterocycles. The molecule has 9 heteroatoms. The van der Waals surface area contributed by atoms with Crippen LogP contribution in [-0.2, 0) is 0 Å². The zero-order valence-electron chi connectivity index (χ0n) is 19.9. The Balaban J connectivity index is 1.47. The van der Waals surface area contributed by atoms with Crippen molar-refractivity contribution in [2.24, 2.45) is 0 Å². The number of nitrogens with zero attached hydrogens (tertiary/aromatic N) is 2. The van der Waals surface area contributed by atoms with Crippen LogP contribution >= 0.6 is 0 Å². The van der Waals surface area contributed by atoms with Crippen LogP contribution in [0, 0.1) is 0 Å². The molecular weight excluding hydrogens is 460 g/mol. The van der Waals surface area contributed by atoms with Gasteiger partial charge in [0.2, 0.25) is 5.75 Å². The number of carbonyl (C=O) groups excluding carboxylic acids is 2. The SMILES string of the molecule is COc1cc(/C=C/C(=O)c2cccc(NC(=O)c3cc(-c4ccncc4)n[nH]3)c2)cc(OC)c1OC. The molecule has 0 saturated heterocycles. The van der Waals surface area contributed by atoms with Gasteiger partial charge >= 0.3 is 0 Å². The molecule has 182 valence electrons. The zero-order valence-corrected chi connectivity index (χ0v) is 19.9. The quantitative estimate of drug-likeness (QED) is 0.263. The molecule has 4 rings (SSSR count). The van der Waals surface area contributed by atoms with Gasteiger partial charge < -0.3 is 19.5 Å². The number of ketones is 1. The summed E-state index contributed by atoms with van der Waals surface area (Å²) in [6.45, 7) is 0. The van der Waals surface area contributed by atoms with Gasteiger partial charge in [0.1, 0.15) is 5.69 Å². The lowest BCUT2D eigenvalue weighted by Gasteiger charge is -2.12. The highest BCUT2D eigenvalue weighted by molar-refractivity contribution is 6.08. The van der Waals surface area contributed by atoms with Gasteiger partial charge in [-0.2, -0.15) is 5.10 Å². The van der Waals surface area contributed by atoms with Crippen LogP contribution < -0.4 is 19.5 Å². The molecule has 0 fully saturated rings. The molecule has 9 nitrogen and oxygen atoms in total. The molecule has 0 aliphatic heterocycles. The third kappa shape index (κ3) is 5.41. The Morgan fingerprint density at radius 1 is 0.917 bits per heavy atom. The maximum Gasteiger partial charge on any atom is 0.273 e. The minimum absolute atomic E-state index is 0.235. The molecule has 0 aliphatic rings. The molecule has 1 amide bonds. The first-order valence-corrected chi connectivity index (χ1v) is 10.9. The molecule has 0 radical (unpaired) electrons. The second kappa shape index (κ2) is 11.0. The van der Waals surface area contributed by atoms with Crippen LogP contribution in [0.4, 0.5) is 5.69 Å². The van der Waals surface area contributed by atoms with E-state index in [9.17, 15) is 9.59 Å². The van der Waals surface area contributed by atoms with Gasteiger partial charge in [-0.05, 0) is 54.1 Å². The van der Waals surface area contributed by atoms with Gasteiger partial charge in [0.15, 0.2) is 17.3 Å². The van der Waals surface area contributed by atoms with Crippen molar-refractivity contribution in [3.8, 4) is 28.5 Å². The molecule has 36 heavy (non-hydrogen) atoms. The second-order valence-electron chi connectivity index (χ2n) is 7.59. The van der Waals surface area contributed by atoms with Gasteiger partial charge in [-0.3, -0.25) is 19.7 Å². The number of carbonyl (C=O) groups is 2. The van der Waals surface area contributed by atoms with Crippen molar-refractivity contribution >= 4 is 23.5 Å². The van der Waals surface area contributed by atoms with Gasteiger partial charge in [0.05, 0.1) is 27.0 Å². The number of anilines is 1. The Morgan fingerprint density at radius 3 is 2.31 bits per heavy atom. The predicted octanol–water partition coefficient (Wildman–Crippen LogP) is 4.65. The van der Waals surface area contributed by atoms with Crippen LogP contribution in [0.5, 0.6) is 17.2 Å². The van der Waals surface area contributed by atoms with Crippen LogP contribution in [0.2, 0.25) is 0 Å². The van der Waals surface area contributed by atoms with Crippen LogP contribution in [0.3, 0.4) is 0 Å². The summed E-state index contributed by atoms with van der Waals surface area (Å²) in [7, 11) is 4.58. The molecule has 0 atom stereocenters. The summed E-state index contributed by atoms with van der Waals surface area (Å²) in [6, 6.07) is 15.4. The van der Waals surface area contributed by atoms with Crippen molar-refractivity contribution in [1.82, 2.24) is 15.2 Å². The molecule has 0 spiro atoms. The van der Waals surface area contributed by atoms with Crippen molar-refractivity contribution in [3.63, 3.8) is 0 Å². The van der Waals surface area contributed by atoms with Crippen molar-refractivity contribution < 1.29 is 23.8 Å². The van der Waals surface area contributed by atoms with Crippen LogP contribution in [-0.4, -0.2) is 48.2 Å². The minimum Gasteiger partial charge on any atom is -0.493 e. The monoisotopic (exact) mass is 484 g/mol. The molecule has 0 aliphatic carbocycles. The van der Waals surface area contributed by atoms with E-state index in [1.807, 2.05) is 0 Å². The third-order valence-corrected chi connectivity index (χ3v) is 5.32. The molecule has 2 heterocycles. The zero-order chi connectivity index (χ0) is 25.5. The molecule has 0 bridgehead atoms. The van der Waals surface area contributed by atoms with Gasteiger partial charge in [-0.25, -0.2) is 0 Å². The lowest BCUT2D eigenvalue weighted by molar-refractivity contribution is 0.101. The first-order chi connectivity index (χ1) is 17.5. The number of aromatic nitrogens is 3. The van der Waals surface area contributed by atoms with Crippen molar-refractivity contribution in [3.05, 3.63) is 89.9 Å². The molecule has 0 saturated carbocycles. The maximum atomic E-state index is 12.8. The number of benzene rings is 2. The number of ether oxygens (including phenoxy) is 3. The minimum atomic E-state index is -0.375. The number of allylic oxidation sites excluding steroid dienone is 1. The average molecular weight is 485 g/mol. The fourth-order valence-electron chi connectivity index (χ4n) is 3.52. The second-order valence-corrected chi connectivity index (χ2v) is 7.59. The summed E-state index contributed by atoms with van der Waals surface area (Å²) in [4.78, 5) is 29.5. The number of hydrogen-bond acceptors (Lipinski definition) is 7. The summed E-state index contributed by atoms with van der Waals surface area (Å²) in [5.41, 5.74) is 3.35. The Kier molecular flexibility index (Phi) is 7.40. The van der Waals surface area contributed by atoms with Gasteiger partial charge in [0, 0.05) is 29.2 Å². The van der Waals surface area contributed by atoms with E-state index in [-0.39, 0.29) is 11.7 Å². The molecule has 2 N–H and O–H groups in total. The summed E-state index contributed by atoms with van der Waals surface area (Å²) in [5.74, 6) is 0.831. The van der Waals surface area contributed by atoms with Gasteiger partial charge in [0.25, 0.3) is 5.91 Å². The first-order valence-electron chi connectivity index (χ1n) is 10.9. The number of hydrogen-bond donors (Lipinski definition) is 2. The largest absolute Gasteiger partial charge is 0.493 e. The topological polar surface area (TPSA) is 115 Å². The van der Waals surface area contributed by atoms with E-state index < -0.39 is 0 Å². The Morgan fingerprint density at radius 2 is 1.64 bits per heavy atom. The summed E-state index contributed by atoms with van der Waals surface area (Å²) < 4.78 is 16.0. The number of nitrogens with one attached hydrogen (secondary N) is 2.